The van der Waals surface area contributed by atoms with Gasteiger partial charge in [0.2, 0.25) is 5.89 Å². The molecule has 0 fully saturated rings. The van der Waals surface area contributed by atoms with Crippen molar-refractivity contribution in [3.8, 4) is 50.5 Å². The SMILES string of the molecule is CCc1cc(C2=CCCC=C2)cc2nc(-c3ccc(-c4ccccc4-c4ccccc4-c4ccc(-n5c6ccccc6c6ccccc65)cc4)cc3)oc12. The van der Waals surface area contributed by atoms with Crippen molar-refractivity contribution in [3.63, 3.8) is 0 Å². The molecule has 1 aliphatic rings. The van der Waals surface area contributed by atoms with Gasteiger partial charge >= 0.3 is 0 Å². The van der Waals surface area contributed by atoms with Crippen molar-refractivity contribution < 1.29 is 4.42 Å². The largest absolute Gasteiger partial charge is 0.436 e. The van der Waals surface area contributed by atoms with E-state index in [9.17, 15) is 0 Å². The highest BCUT2D eigenvalue weighted by Crippen LogP contribution is 2.40. The lowest BCUT2D eigenvalue weighted by Crippen LogP contribution is -1.94. The average molecular weight is 695 g/mol. The van der Waals surface area contributed by atoms with Gasteiger partial charge in [-0.2, -0.15) is 0 Å². The van der Waals surface area contributed by atoms with Gasteiger partial charge in [0.05, 0.1) is 11.0 Å². The van der Waals surface area contributed by atoms with E-state index in [-0.39, 0.29) is 0 Å². The van der Waals surface area contributed by atoms with E-state index in [0.29, 0.717) is 5.89 Å². The lowest BCUT2D eigenvalue weighted by Gasteiger charge is -2.15. The van der Waals surface area contributed by atoms with Crippen LogP contribution in [0.4, 0.5) is 0 Å². The number of rotatable bonds is 7. The Morgan fingerprint density at radius 2 is 1.11 bits per heavy atom. The molecule has 258 valence electrons. The lowest BCUT2D eigenvalue weighted by molar-refractivity contribution is 0.615. The van der Waals surface area contributed by atoms with Crippen LogP contribution in [-0.4, -0.2) is 9.55 Å². The van der Waals surface area contributed by atoms with Crippen LogP contribution in [-0.2, 0) is 6.42 Å². The number of allylic oxidation sites excluding steroid dienone is 4. The second-order valence-electron chi connectivity index (χ2n) is 14.1. The minimum Gasteiger partial charge on any atom is -0.436 e. The van der Waals surface area contributed by atoms with Crippen molar-refractivity contribution in [2.24, 2.45) is 0 Å². The first-order chi connectivity index (χ1) is 26.7. The maximum atomic E-state index is 6.45. The summed E-state index contributed by atoms with van der Waals surface area (Å²) in [5.41, 5.74) is 17.1. The number of fused-ring (bicyclic) bond motifs is 4. The predicted octanol–water partition coefficient (Wildman–Crippen LogP) is 13.9. The molecule has 0 aliphatic heterocycles. The molecular weight excluding hydrogens is 657 g/mol. The molecule has 0 saturated carbocycles. The van der Waals surface area contributed by atoms with Crippen LogP contribution in [0.25, 0.3) is 89.0 Å². The molecule has 0 radical (unpaired) electrons. The fourth-order valence-corrected chi connectivity index (χ4v) is 8.20. The fraction of sp³-hybridized carbons (Fsp3) is 0.0784. The summed E-state index contributed by atoms with van der Waals surface area (Å²) in [4.78, 5) is 4.99. The van der Waals surface area contributed by atoms with Crippen molar-refractivity contribution in [1.29, 1.82) is 0 Å². The average Bonchev–Trinajstić information content (AvgIpc) is 3.84. The van der Waals surface area contributed by atoms with Crippen LogP contribution >= 0.6 is 0 Å². The molecule has 2 heterocycles. The maximum absolute atomic E-state index is 6.45. The Kier molecular flexibility index (Phi) is 7.91. The highest BCUT2D eigenvalue weighted by Gasteiger charge is 2.17. The predicted molar refractivity (Wildman–Crippen MR) is 226 cm³/mol. The monoisotopic (exact) mass is 694 g/mol. The smallest absolute Gasteiger partial charge is 0.227 e. The van der Waals surface area contributed by atoms with Gasteiger partial charge in [0, 0.05) is 22.0 Å². The van der Waals surface area contributed by atoms with Gasteiger partial charge in [-0.1, -0.05) is 134 Å². The molecule has 54 heavy (non-hydrogen) atoms. The van der Waals surface area contributed by atoms with E-state index < -0.39 is 0 Å². The molecule has 3 heteroatoms. The summed E-state index contributed by atoms with van der Waals surface area (Å²) in [7, 11) is 0. The van der Waals surface area contributed by atoms with Crippen molar-refractivity contribution in [3.05, 3.63) is 187 Å². The van der Waals surface area contributed by atoms with Gasteiger partial charge < -0.3 is 8.98 Å². The van der Waals surface area contributed by atoms with E-state index in [1.807, 2.05) is 0 Å². The Morgan fingerprint density at radius 1 is 0.556 bits per heavy atom. The Morgan fingerprint density at radius 3 is 1.70 bits per heavy atom. The zero-order chi connectivity index (χ0) is 36.0. The van der Waals surface area contributed by atoms with Gasteiger partial charge in [0.15, 0.2) is 5.58 Å². The van der Waals surface area contributed by atoms with Gasteiger partial charge in [-0.25, -0.2) is 4.98 Å². The van der Waals surface area contributed by atoms with E-state index in [1.165, 1.54) is 66.3 Å². The number of nitrogens with zero attached hydrogens (tertiary/aromatic N) is 2. The van der Waals surface area contributed by atoms with Gasteiger partial charge in [-0.05, 0) is 118 Å². The molecule has 0 N–H and O–H groups in total. The van der Waals surface area contributed by atoms with Gasteiger partial charge in [-0.3, -0.25) is 0 Å². The van der Waals surface area contributed by atoms with E-state index in [2.05, 4.69) is 187 Å². The minimum atomic E-state index is 0.652. The van der Waals surface area contributed by atoms with E-state index in [4.69, 9.17) is 9.40 Å². The van der Waals surface area contributed by atoms with Gasteiger partial charge in [0.25, 0.3) is 0 Å². The van der Waals surface area contributed by atoms with Crippen LogP contribution in [0, 0.1) is 0 Å². The van der Waals surface area contributed by atoms with Crippen LogP contribution in [0.1, 0.15) is 30.9 Å². The molecule has 0 unspecified atom stereocenters. The highest BCUT2D eigenvalue weighted by atomic mass is 16.3. The van der Waals surface area contributed by atoms with Crippen molar-refractivity contribution in [1.82, 2.24) is 9.55 Å². The summed E-state index contributed by atoms with van der Waals surface area (Å²) in [5.74, 6) is 0.652. The molecule has 0 spiro atoms. The van der Waals surface area contributed by atoms with Crippen molar-refractivity contribution in [2.45, 2.75) is 26.2 Å². The summed E-state index contributed by atoms with van der Waals surface area (Å²) >= 11 is 0. The zero-order valence-corrected chi connectivity index (χ0v) is 30.2. The quantitative estimate of drug-likeness (QED) is 0.166. The first-order valence-electron chi connectivity index (χ1n) is 18.9. The molecule has 2 aromatic heterocycles. The van der Waals surface area contributed by atoms with Crippen LogP contribution in [0.2, 0.25) is 0 Å². The summed E-state index contributed by atoms with van der Waals surface area (Å²) in [5, 5.41) is 2.54. The summed E-state index contributed by atoms with van der Waals surface area (Å²) in [6.07, 6.45) is 9.87. The fourth-order valence-electron chi connectivity index (χ4n) is 8.20. The summed E-state index contributed by atoms with van der Waals surface area (Å²) in [6, 6.07) is 56.8. The van der Waals surface area contributed by atoms with Crippen LogP contribution in [0.15, 0.2) is 180 Å². The highest BCUT2D eigenvalue weighted by molar-refractivity contribution is 6.09. The maximum Gasteiger partial charge on any atom is 0.227 e. The van der Waals surface area contributed by atoms with Crippen LogP contribution in [0.5, 0.6) is 0 Å². The summed E-state index contributed by atoms with van der Waals surface area (Å²) in [6.45, 7) is 2.18. The third-order valence-corrected chi connectivity index (χ3v) is 10.9. The van der Waals surface area contributed by atoms with E-state index in [1.54, 1.807) is 0 Å². The molecule has 10 rings (SSSR count). The van der Waals surface area contributed by atoms with Crippen molar-refractivity contribution >= 4 is 38.5 Å². The third-order valence-electron chi connectivity index (χ3n) is 10.9. The Balaban J connectivity index is 0.987. The Hall–Kier alpha value is -6.71. The van der Waals surface area contributed by atoms with Crippen molar-refractivity contribution in [2.75, 3.05) is 0 Å². The number of hydrogen-bond acceptors (Lipinski definition) is 2. The topological polar surface area (TPSA) is 31.0 Å². The minimum absolute atomic E-state index is 0.652. The first-order valence-corrected chi connectivity index (χ1v) is 18.9. The molecular formula is C51H38N2O. The molecule has 9 aromatic rings. The number of hydrogen-bond donors (Lipinski definition) is 0. The van der Waals surface area contributed by atoms with E-state index in [0.717, 1.165) is 47.2 Å². The lowest BCUT2D eigenvalue weighted by atomic mass is 9.89. The third kappa shape index (κ3) is 5.48. The Bertz CT molecular complexity index is 2850. The van der Waals surface area contributed by atoms with Gasteiger partial charge in [-0.15, -0.1) is 0 Å². The number of benzene rings is 7. The normalized spacial score (nSPS) is 12.9. The molecule has 0 atom stereocenters. The number of aromatic nitrogens is 2. The second-order valence-corrected chi connectivity index (χ2v) is 14.1. The first kappa shape index (κ1) is 32.0. The van der Waals surface area contributed by atoms with Crippen LogP contribution in [0.3, 0.4) is 0 Å². The standard InChI is InChI=1S/C51H38N2O/c1-2-34-32-39(35-14-4-3-5-15-35)33-47-50(34)54-51(52-47)38-26-24-36(25-27-38)41-16-6-8-18-43(41)44-19-9-7-17-42(44)37-28-30-40(31-29-37)53-48-22-12-10-20-45(48)46-21-11-13-23-49(46)53/h4,6-33H,2-3,5H2,1H3. The zero-order valence-electron chi connectivity index (χ0n) is 30.2. The number of oxazole rings is 1. The number of aryl methyl sites for hydroxylation is 1. The van der Waals surface area contributed by atoms with Crippen LogP contribution < -0.4 is 0 Å². The molecule has 3 nitrogen and oxygen atoms in total. The molecule has 1 aliphatic carbocycles. The van der Waals surface area contributed by atoms with Gasteiger partial charge in [0.1, 0.15) is 5.52 Å². The number of para-hydroxylation sites is 2. The molecule has 0 bridgehead atoms. The molecule has 0 saturated heterocycles. The Labute approximate surface area is 315 Å². The molecule has 0 amide bonds. The second kappa shape index (κ2) is 13.4. The summed E-state index contributed by atoms with van der Waals surface area (Å²) < 4.78 is 8.81. The van der Waals surface area contributed by atoms with E-state index >= 15 is 0 Å². The molecule has 7 aromatic carbocycles.